The first-order valence-electron chi connectivity index (χ1n) is 4.55. The fraction of sp³-hybridized carbons (Fsp3) is 0.700. The van der Waals surface area contributed by atoms with E-state index in [1.807, 2.05) is 0 Å². The average Bonchev–Trinajstić information content (AvgIpc) is 2.49. The van der Waals surface area contributed by atoms with Crippen molar-refractivity contribution in [2.45, 2.75) is 19.8 Å². The van der Waals surface area contributed by atoms with Gasteiger partial charge in [-0.05, 0) is 6.92 Å². The second-order valence-electron chi connectivity index (χ2n) is 4.09. The van der Waals surface area contributed by atoms with Gasteiger partial charge in [0.2, 0.25) is 5.91 Å². The van der Waals surface area contributed by atoms with Gasteiger partial charge in [0.05, 0.1) is 0 Å². The molecule has 1 aliphatic rings. The molecule has 0 aromatic carbocycles. The van der Waals surface area contributed by atoms with Crippen LogP contribution in [0.3, 0.4) is 0 Å². The third-order valence-electron chi connectivity index (χ3n) is 2.56. The van der Waals surface area contributed by atoms with Crippen molar-refractivity contribution in [1.82, 2.24) is 4.90 Å². The van der Waals surface area contributed by atoms with Crippen LogP contribution >= 0.6 is 0 Å². The highest BCUT2D eigenvalue weighted by atomic mass is 19.3. The van der Waals surface area contributed by atoms with Crippen LogP contribution in [-0.2, 0) is 4.79 Å². The standard InChI is InChI=1S/C10H15F2NO/c1-6(2)5-13(4)9(14)8-7(3)10(8,11)12/h7-8H,1,5H2,2-4H3/t7-,8-/m0/s1. The quantitative estimate of drug-likeness (QED) is 0.642. The first-order chi connectivity index (χ1) is 6.28. The zero-order chi connectivity index (χ0) is 11.1. The van der Waals surface area contributed by atoms with Crippen LogP contribution in [0.2, 0.25) is 0 Å². The molecule has 1 rings (SSSR count). The van der Waals surface area contributed by atoms with Gasteiger partial charge in [0.25, 0.3) is 5.92 Å². The van der Waals surface area contributed by atoms with Crippen LogP contribution < -0.4 is 0 Å². The summed E-state index contributed by atoms with van der Waals surface area (Å²) < 4.78 is 25.7. The summed E-state index contributed by atoms with van der Waals surface area (Å²) in [5.74, 6) is -5.22. The molecule has 0 aliphatic heterocycles. The molecular weight excluding hydrogens is 188 g/mol. The van der Waals surface area contributed by atoms with Gasteiger partial charge in [0, 0.05) is 19.5 Å². The number of carbonyl (C=O) groups excluding carboxylic acids is 1. The Balaban J connectivity index is 2.56. The summed E-state index contributed by atoms with van der Waals surface area (Å²) in [6.07, 6.45) is 0. The second kappa shape index (κ2) is 3.33. The molecule has 1 saturated carbocycles. The maximum atomic E-state index is 12.9. The molecule has 0 aromatic heterocycles. The van der Waals surface area contributed by atoms with E-state index in [2.05, 4.69) is 6.58 Å². The van der Waals surface area contributed by atoms with Crippen molar-refractivity contribution in [2.24, 2.45) is 11.8 Å². The Morgan fingerprint density at radius 1 is 1.57 bits per heavy atom. The molecule has 0 aromatic rings. The number of nitrogens with zero attached hydrogens (tertiary/aromatic N) is 1. The third kappa shape index (κ3) is 1.79. The predicted molar refractivity (Wildman–Crippen MR) is 50.1 cm³/mol. The molecule has 0 bridgehead atoms. The first kappa shape index (κ1) is 11.1. The molecule has 4 heteroatoms. The summed E-state index contributed by atoms with van der Waals surface area (Å²) in [6.45, 7) is 7.14. The Hall–Kier alpha value is -0.930. The van der Waals surface area contributed by atoms with Crippen LogP contribution in [0.4, 0.5) is 8.78 Å². The summed E-state index contributed by atoms with van der Waals surface area (Å²) >= 11 is 0. The molecular formula is C10H15F2NO. The molecule has 1 aliphatic carbocycles. The zero-order valence-corrected chi connectivity index (χ0v) is 8.68. The number of carbonyl (C=O) groups is 1. The van der Waals surface area contributed by atoms with Gasteiger partial charge in [-0.3, -0.25) is 4.79 Å². The van der Waals surface area contributed by atoms with E-state index < -0.39 is 23.7 Å². The Bertz CT molecular complexity index is 275. The summed E-state index contributed by atoms with van der Waals surface area (Å²) in [7, 11) is 1.53. The van der Waals surface area contributed by atoms with E-state index in [4.69, 9.17) is 0 Å². The number of likely N-dealkylation sites (N-methyl/N-ethyl adjacent to an activating group) is 1. The molecule has 0 N–H and O–H groups in total. The van der Waals surface area contributed by atoms with Gasteiger partial charge in [-0.2, -0.15) is 0 Å². The van der Waals surface area contributed by atoms with Crippen LogP contribution in [0.5, 0.6) is 0 Å². The van der Waals surface area contributed by atoms with E-state index in [1.54, 1.807) is 6.92 Å². The largest absolute Gasteiger partial charge is 0.341 e. The number of hydrogen-bond donors (Lipinski definition) is 0. The van der Waals surface area contributed by atoms with Crippen molar-refractivity contribution in [3.05, 3.63) is 12.2 Å². The smallest absolute Gasteiger partial charge is 0.263 e. The average molecular weight is 203 g/mol. The van der Waals surface area contributed by atoms with Crippen LogP contribution in [-0.4, -0.2) is 30.3 Å². The number of hydrogen-bond acceptors (Lipinski definition) is 1. The molecule has 2 atom stereocenters. The fourth-order valence-corrected chi connectivity index (χ4v) is 1.58. The predicted octanol–water partition coefficient (Wildman–Crippen LogP) is 1.92. The molecule has 0 spiro atoms. The van der Waals surface area contributed by atoms with Crippen LogP contribution in [0.15, 0.2) is 12.2 Å². The Kier molecular flexibility index (Phi) is 2.65. The van der Waals surface area contributed by atoms with Crippen LogP contribution in [0.25, 0.3) is 0 Å². The molecule has 0 radical (unpaired) electrons. The maximum absolute atomic E-state index is 12.9. The third-order valence-corrected chi connectivity index (χ3v) is 2.56. The lowest BCUT2D eigenvalue weighted by Gasteiger charge is -2.16. The van der Waals surface area contributed by atoms with E-state index in [0.29, 0.717) is 6.54 Å². The minimum atomic E-state index is -2.81. The van der Waals surface area contributed by atoms with Gasteiger partial charge in [0.1, 0.15) is 5.92 Å². The second-order valence-corrected chi connectivity index (χ2v) is 4.09. The molecule has 1 fully saturated rings. The number of alkyl halides is 2. The normalized spacial score (nSPS) is 28.4. The minimum absolute atomic E-state index is 0.345. The SMILES string of the molecule is C=C(C)CN(C)C(=O)[C@@H]1[C@H](C)C1(F)F. The molecule has 2 nitrogen and oxygen atoms in total. The highest BCUT2D eigenvalue weighted by Crippen LogP contribution is 2.55. The van der Waals surface area contributed by atoms with Gasteiger partial charge >= 0.3 is 0 Å². The van der Waals surface area contributed by atoms with E-state index in [0.717, 1.165) is 5.57 Å². The lowest BCUT2D eigenvalue weighted by Crippen LogP contribution is -2.31. The summed E-state index contributed by atoms with van der Waals surface area (Å²) in [5.41, 5.74) is 0.789. The van der Waals surface area contributed by atoms with Crippen LogP contribution in [0, 0.1) is 11.8 Å². The Labute approximate surface area is 82.6 Å². The van der Waals surface area contributed by atoms with E-state index >= 15 is 0 Å². The molecule has 0 unspecified atom stereocenters. The lowest BCUT2D eigenvalue weighted by molar-refractivity contribution is -0.133. The topological polar surface area (TPSA) is 20.3 Å². The van der Waals surface area contributed by atoms with E-state index in [9.17, 15) is 13.6 Å². The highest BCUT2D eigenvalue weighted by molar-refractivity contribution is 5.83. The first-order valence-corrected chi connectivity index (χ1v) is 4.55. The summed E-state index contributed by atoms with van der Waals surface area (Å²) in [6, 6.07) is 0. The zero-order valence-electron chi connectivity index (χ0n) is 8.68. The minimum Gasteiger partial charge on any atom is -0.341 e. The molecule has 1 amide bonds. The Morgan fingerprint density at radius 2 is 2.00 bits per heavy atom. The van der Waals surface area contributed by atoms with Crippen molar-refractivity contribution >= 4 is 5.91 Å². The van der Waals surface area contributed by atoms with Gasteiger partial charge in [-0.15, -0.1) is 0 Å². The Morgan fingerprint density at radius 3 is 2.29 bits per heavy atom. The lowest BCUT2D eigenvalue weighted by atomic mass is 10.2. The van der Waals surface area contributed by atoms with Crippen molar-refractivity contribution in [3.8, 4) is 0 Å². The van der Waals surface area contributed by atoms with Crippen molar-refractivity contribution in [3.63, 3.8) is 0 Å². The number of halogens is 2. The van der Waals surface area contributed by atoms with Crippen molar-refractivity contribution in [2.75, 3.05) is 13.6 Å². The van der Waals surface area contributed by atoms with Crippen molar-refractivity contribution < 1.29 is 13.6 Å². The molecule has 0 heterocycles. The monoisotopic (exact) mass is 203 g/mol. The molecule has 80 valence electrons. The van der Waals surface area contributed by atoms with E-state index in [1.165, 1.54) is 18.9 Å². The number of amides is 1. The van der Waals surface area contributed by atoms with E-state index in [-0.39, 0.29) is 0 Å². The summed E-state index contributed by atoms with van der Waals surface area (Å²) in [5, 5.41) is 0. The van der Waals surface area contributed by atoms with Gasteiger partial charge in [-0.25, -0.2) is 8.78 Å². The molecule has 0 saturated heterocycles. The van der Waals surface area contributed by atoms with Crippen LogP contribution in [0.1, 0.15) is 13.8 Å². The van der Waals surface area contributed by atoms with Gasteiger partial charge < -0.3 is 4.90 Å². The summed E-state index contributed by atoms with van der Waals surface area (Å²) in [4.78, 5) is 12.8. The number of rotatable bonds is 3. The maximum Gasteiger partial charge on any atom is 0.263 e. The van der Waals surface area contributed by atoms with Gasteiger partial charge in [-0.1, -0.05) is 19.1 Å². The van der Waals surface area contributed by atoms with Crippen molar-refractivity contribution in [1.29, 1.82) is 0 Å². The molecule has 14 heavy (non-hydrogen) atoms. The fourth-order valence-electron chi connectivity index (χ4n) is 1.58. The highest BCUT2D eigenvalue weighted by Gasteiger charge is 2.69. The van der Waals surface area contributed by atoms with Gasteiger partial charge in [0.15, 0.2) is 0 Å².